The van der Waals surface area contributed by atoms with Gasteiger partial charge in [0.2, 0.25) is 0 Å². The molecule has 2 aromatic rings. The largest absolute Gasteiger partial charge is 0.378 e. The third kappa shape index (κ3) is 3.26. The summed E-state index contributed by atoms with van der Waals surface area (Å²) in [5, 5.41) is 4.13. The average Bonchev–Trinajstić information content (AvgIpc) is 3.33. The number of nitrogens with zero attached hydrogens (tertiary/aromatic N) is 2. The lowest BCUT2D eigenvalue weighted by molar-refractivity contribution is 0.104. The number of fused-ring (bicyclic) bond motifs is 1. The molecule has 6 heteroatoms. The first-order chi connectivity index (χ1) is 11.8. The number of thiazole rings is 1. The molecule has 0 unspecified atom stereocenters. The molecule has 128 valence electrons. The van der Waals surface area contributed by atoms with Gasteiger partial charge in [0.15, 0.2) is 0 Å². The molecule has 0 radical (unpaired) electrons. The summed E-state index contributed by atoms with van der Waals surface area (Å²) in [6.45, 7) is 2.36. The first-order valence-electron chi connectivity index (χ1n) is 8.83. The van der Waals surface area contributed by atoms with E-state index in [1.54, 1.807) is 11.3 Å². The summed E-state index contributed by atoms with van der Waals surface area (Å²) >= 11 is 1.71. The minimum atomic E-state index is 0.0368. The number of carbonyl (C=O) groups is 1. The molecule has 1 aromatic carbocycles. The number of likely N-dealkylation sites (tertiary alicyclic amines) is 1. The Kier molecular flexibility index (Phi) is 4.67. The van der Waals surface area contributed by atoms with E-state index in [2.05, 4.69) is 11.4 Å². The van der Waals surface area contributed by atoms with Gasteiger partial charge in [-0.15, -0.1) is 11.3 Å². The maximum absolute atomic E-state index is 12.6. The van der Waals surface area contributed by atoms with Gasteiger partial charge in [0, 0.05) is 19.7 Å². The highest BCUT2D eigenvalue weighted by Gasteiger charge is 2.32. The van der Waals surface area contributed by atoms with Gasteiger partial charge in [-0.2, -0.15) is 0 Å². The van der Waals surface area contributed by atoms with Gasteiger partial charge in [-0.3, -0.25) is 0 Å². The van der Waals surface area contributed by atoms with Crippen LogP contribution in [0.4, 0.5) is 4.79 Å². The number of carbonyl (C=O) groups excluding carboxylic acids is 1. The summed E-state index contributed by atoms with van der Waals surface area (Å²) in [5.74, 6) is 0. The molecular weight excluding hydrogens is 322 g/mol. The molecule has 0 bridgehead atoms. The van der Waals surface area contributed by atoms with Crippen molar-refractivity contribution >= 4 is 27.6 Å². The highest BCUT2D eigenvalue weighted by molar-refractivity contribution is 7.18. The zero-order chi connectivity index (χ0) is 16.4. The Bertz CT molecular complexity index is 678. The van der Waals surface area contributed by atoms with Crippen molar-refractivity contribution in [1.82, 2.24) is 15.2 Å². The standard InChI is InChI=1S/C18H23N3O2S/c22-18(19-10-9-13-5-4-12-23-13)21-11-3-7-15(21)17-20-14-6-1-2-8-16(14)24-17/h1-2,6,8,13,15H,3-5,7,9-12H2,(H,19,22)/t13-,15-/m0/s1. The van der Waals surface area contributed by atoms with Crippen LogP contribution in [0, 0.1) is 0 Å². The fourth-order valence-electron chi connectivity index (χ4n) is 3.61. The van der Waals surface area contributed by atoms with Crippen LogP contribution in [0.25, 0.3) is 10.2 Å². The molecule has 4 rings (SSSR count). The number of para-hydroxylation sites is 1. The molecule has 2 atom stereocenters. The second kappa shape index (κ2) is 7.07. The normalized spacial score (nSPS) is 23.9. The molecule has 3 heterocycles. The SMILES string of the molecule is O=C(NCC[C@@H]1CCCO1)N1CCC[C@H]1c1nc2ccccc2s1. The van der Waals surface area contributed by atoms with Crippen LogP contribution in [0.5, 0.6) is 0 Å². The van der Waals surface area contributed by atoms with Crippen LogP contribution in [0.3, 0.4) is 0 Å². The summed E-state index contributed by atoms with van der Waals surface area (Å²) in [4.78, 5) is 19.3. The Morgan fingerprint density at radius 3 is 3.08 bits per heavy atom. The van der Waals surface area contributed by atoms with Crippen molar-refractivity contribution in [2.24, 2.45) is 0 Å². The molecule has 24 heavy (non-hydrogen) atoms. The van der Waals surface area contributed by atoms with Gasteiger partial charge in [0.05, 0.1) is 22.4 Å². The molecule has 0 spiro atoms. The molecular formula is C18H23N3O2S. The minimum Gasteiger partial charge on any atom is -0.378 e. The molecule has 2 amide bonds. The maximum atomic E-state index is 12.6. The number of nitrogens with one attached hydrogen (secondary N) is 1. The van der Waals surface area contributed by atoms with Gasteiger partial charge in [0.25, 0.3) is 0 Å². The Hall–Kier alpha value is -1.66. The van der Waals surface area contributed by atoms with E-state index in [4.69, 9.17) is 9.72 Å². The monoisotopic (exact) mass is 345 g/mol. The smallest absolute Gasteiger partial charge is 0.317 e. The second-order valence-corrected chi connectivity index (χ2v) is 7.59. The molecule has 5 nitrogen and oxygen atoms in total. The van der Waals surface area contributed by atoms with Crippen molar-refractivity contribution in [3.05, 3.63) is 29.3 Å². The first kappa shape index (κ1) is 15.8. The first-order valence-corrected chi connectivity index (χ1v) is 9.64. The third-order valence-corrected chi connectivity index (χ3v) is 6.01. The molecule has 0 aliphatic carbocycles. The van der Waals surface area contributed by atoms with Crippen molar-refractivity contribution in [2.45, 2.75) is 44.2 Å². The average molecular weight is 345 g/mol. The van der Waals surface area contributed by atoms with E-state index in [0.717, 1.165) is 55.8 Å². The second-order valence-electron chi connectivity index (χ2n) is 6.53. The Morgan fingerprint density at radius 2 is 2.25 bits per heavy atom. The van der Waals surface area contributed by atoms with E-state index in [-0.39, 0.29) is 12.1 Å². The molecule has 2 aliphatic rings. The van der Waals surface area contributed by atoms with E-state index in [1.165, 1.54) is 4.70 Å². The topological polar surface area (TPSA) is 54.5 Å². The van der Waals surface area contributed by atoms with Crippen LogP contribution in [0.2, 0.25) is 0 Å². The summed E-state index contributed by atoms with van der Waals surface area (Å²) < 4.78 is 6.80. The van der Waals surface area contributed by atoms with Gasteiger partial charge in [0.1, 0.15) is 5.01 Å². The molecule has 1 aromatic heterocycles. The van der Waals surface area contributed by atoms with Crippen molar-refractivity contribution in [3.63, 3.8) is 0 Å². The van der Waals surface area contributed by atoms with Crippen molar-refractivity contribution in [3.8, 4) is 0 Å². The number of rotatable bonds is 4. The van der Waals surface area contributed by atoms with Crippen LogP contribution < -0.4 is 5.32 Å². The highest BCUT2D eigenvalue weighted by Crippen LogP contribution is 2.36. The molecule has 2 saturated heterocycles. The number of hydrogen-bond donors (Lipinski definition) is 1. The maximum Gasteiger partial charge on any atom is 0.317 e. The van der Waals surface area contributed by atoms with Crippen LogP contribution in [-0.4, -0.2) is 41.7 Å². The minimum absolute atomic E-state index is 0.0368. The Labute approximate surface area is 146 Å². The van der Waals surface area contributed by atoms with Crippen LogP contribution in [-0.2, 0) is 4.74 Å². The van der Waals surface area contributed by atoms with Crippen molar-refractivity contribution in [2.75, 3.05) is 19.7 Å². The predicted molar refractivity (Wildman–Crippen MR) is 95.3 cm³/mol. The number of ether oxygens (including phenoxy) is 1. The lowest BCUT2D eigenvalue weighted by Crippen LogP contribution is -2.40. The van der Waals surface area contributed by atoms with E-state index in [9.17, 15) is 4.79 Å². The van der Waals surface area contributed by atoms with E-state index >= 15 is 0 Å². The van der Waals surface area contributed by atoms with Crippen LogP contribution in [0.15, 0.2) is 24.3 Å². The summed E-state index contributed by atoms with van der Waals surface area (Å²) in [6.07, 6.45) is 5.53. The van der Waals surface area contributed by atoms with Crippen LogP contribution >= 0.6 is 11.3 Å². The van der Waals surface area contributed by atoms with Gasteiger partial charge in [-0.05, 0) is 44.2 Å². The van der Waals surface area contributed by atoms with Gasteiger partial charge in [-0.1, -0.05) is 12.1 Å². The molecule has 2 fully saturated rings. The number of benzene rings is 1. The summed E-state index contributed by atoms with van der Waals surface area (Å²) in [7, 11) is 0. The number of hydrogen-bond acceptors (Lipinski definition) is 4. The number of urea groups is 1. The van der Waals surface area contributed by atoms with E-state index in [0.29, 0.717) is 12.6 Å². The summed E-state index contributed by atoms with van der Waals surface area (Å²) in [6, 6.07) is 8.33. The van der Waals surface area contributed by atoms with Crippen LogP contribution in [0.1, 0.15) is 43.2 Å². The zero-order valence-corrected chi connectivity index (χ0v) is 14.6. The van der Waals surface area contributed by atoms with Gasteiger partial charge in [-0.25, -0.2) is 9.78 Å². The molecule has 0 saturated carbocycles. The van der Waals surface area contributed by atoms with Crippen molar-refractivity contribution < 1.29 is 9.53 Å². The lowest BCUT2D eigenvalue weighted by Gasteiger charge is -2.23. The Balaban J connectivity index is 1.39. The molecule has 1 N–H and O–H groups in total. The van der Waals surface area contributed by atoms with E-state index < -0.39 is 0 Å². The number of aromatic nitrogens is 1. The highest BCUT2D eigenvalue weighted by atomic mass is 32.1. The quantitative estimate of drug-likeness (QED) is 0.919. The Morgan fingerprint density at radius 1 is 1.33 bits per heavy atom. The fourth-order valence-corrected chi connectivity index (χ4v) is 4.73. The third-order valence-electron chi connectivity index (χ3n) is 4.88. The van der Waals surface area contributed by atoms with E-state index in [1.807, 2.05) is 23.1 Å². The molecule has 2 aliphatic heterocycles. The van der Waals surface area contributed by atoms with Gasteiger partial charge < -0.3 is 15.0 Å². The fraction of sp³-hybridized carbons (Fsp3) is 0.556. The number of amides is 2. The van der Waals surface area contributed by atoms with Crippen molar-refractivity contribution in [1.29, 1.82) is 0 Å². The lowest BCUT2D eigenvalue weighted by atomic mass is 10.2. The predicted octanol–water partition coefficient (Wildman–Crippen LogP) is 3.71. The zero-order valence-electron chi connectivity index (χ0n) is 13.7. The van der Waals surface area contributed by atoms with Gasteiger partial charge >= 0.3 is 6.03 Å². The summed E-state index contributed by atoms with van der Waals surface area (Å²) in [5.41, 5.74) is 1.03.